The molecule has 110 valence electrons. The lowest BCUT2D eigenvalue weighted by Gasteiger charge is -2.16. The second-order valence-corrected chi connectivity index (χ2v) is 5.13. The molecular formula is C17H19NO2S. The molecule has 0 aliphatic rings. The maximum Gasteiger partial charge on any atom is 0.148 e. The van der Waals surface area contributed by atoms with E-state index in [9.17, 15) is 0 Å². The van der Waals surface area contributed by atoms with Gasteiger partial charge in [0.05, 0.1) is 0 Å². The normalized spacial score (nSPS) is 11.7. The van der Waals surface area contributed by atoms with Crippen molar-refractivity contribution in [2.24, 2.45) is 5.73 Å². The first-order valence-electron chi connectivity index (χ1n) is 6.92. The summed E-state index contributed by atoms with van der Waals surface area (Å²) in [6.07, 6.45) is 0.526. The standard InChI is InChI=1S/C17H19NO2S/c1-2-16(17(18)21)20-15-10-8-14(9-11-15)19-12-13-6-4-3-5-7-13/h3-11,16H,2,12H2,1H3,(H2,18,21). The summed E-state index contributed by atoms with van der Waals surface area (Å²) in [6, 6.07) is 17.5. The molecule has 21 heavy (non-hydrogen) atoms. The third-order valence-electron chi connectivity index (χ3n) is 3.04. The number of nitrogens with two attached hydrogens (primary N) is 1. The Morgan fingerprint density at radius 2 is 1.67 bits per heavy atom. The van der Waals surface area contributed by atoms with Crippen LogP contribution >= 0.6 is 12.2 Å². The fourth-order valence-corrected chi connectivity index (χ4v) is 2.08. The van der Waals surface area contributed by atoms with E-state index >= 15 is 0 Å². The minimum absolute atomic E-state index is 0.226. The maximum absolute atomic E-state index is 5.72. The van der Waals surface area contributed by atoms with Crippen LogP contribution in [0.15, 0.2) is 54.6 Å². The summed E-state index contributed by atoms with van der Waals surface area (Å²) >= 11 is 4.96. The topological polar surface area (TPSA) is 44.5 Å². The smallest absolute Gasteiger partial charge is 0.148 e. The Labute approximate surface area is 130 Å². The molecule has 2 aromatic rings. The van der Waals surface area contributed by atoms with E-state index in [1.165, 1.54) is 0 Å². The number of benzene rings is 2. The van der Waals surface area contributed by atoms with Crippen LogP contribution in [0.4, 0.5) is 0 Å². The van der Waals surface area contributed by atoms with Gasteiger partial charge < -0.3 is 15.2 Å². The SMILES string of the molecule is CCC(Oc1ccc(OCc2ccccc2)cc1)C(N)=S. The van der Waals surface area contributed by atoms with Gasteiger partial charge in [0.2, 0.25) is 0 Å². The van der Waals surface area contributed by atoms with Crippen molar-refractivity contribution < 1.29 is 9.47 Å². The zero-order valence-electron chi connectivity index (χ0n) is 12.0. The van der Waals surface area contributed by atoms with E-state index in [4.69, 9.17) is 27.4 Å². The summed E-state index contributed by atoms with van der Waals surface area (Å²) in [6.45, 7) is 2.53. The lowest BCUT2D eigenvalue weighted by atomic mass is 10.2. The van der Waals surface area contributed by atoms with Crippen molar-refractivity contribution in [3.05, 3.63) is 60.2 Å². The Morgan fingerprint density at radius 3 is 2.24 bits per heavy atom. The average Bonchev–Trinajstić information content (AvgIpc) is 2.52. The molecule has 4 heteroatoms. The van der Waals surface area contributed by atoms with Crippen molar-refractivity contribution in [3.63, 3.8) is 0 Å². The zero-order chi connectivity index (χ0) is 15.1. The van der Waals surface area contributed by atoms with E-state index in [0.717, 1.165) is 23.5 Å². The Balaban J connectivity index is 1.91. The number of ether oxygens (including phenoxy) is 2. The van der Waals surface area contributed by atoms with Crippen molar-refractivity contribution in [3.8, 4) is 11.5 Å². The minimum atomic E-state index is -0.226. The molecule has 0 aliphatic carbocycles. The van der Waals surface area contributed by atoms with E-state index in [-0.39, 0.29) is 6.10 Å². The third-order valence-corrected chi connectivity index (χ3v) is 3.30. The quantitative estimate of drug-likeness (QED) is 0.792. The molecule has 0 amide bonds. The van der Waals surface area contributed by atoms with Crippen LogP contribution in [0.3, 0.4) is 0 Å². The molecule has 3 nitrogen and oxygen atoms in total. The molecule has 2 rings (SSSR count). The van der Waals surface area contributed by atoms with Gasteiger partial charge in [-0.3, -0.25) is 0 Å². The number of rotatable bonds is 7. The Hall–Kier alpha value is -2.07. The lowest BCUT2D eigenvalue weighted by molar-refractivity contribution is 0.262. The van der Waals surface area contributed by atoms with E-state index in [1.807, 2.05) is 61.5 Å². The van der Waals surface area contributed by atoms with E-state index in [0.29, 0.717) is 11.6 Å². The van der Waals surface area contributed by atoms with Gasteiger partial charge >= 0.3 is 0 Å². The molecule has 0 saturated heterocycles. The van der Waals surface area contributed by atoms with Crippen molar-refractivity contribution in [2.45, 2.75) is 26.1 Å². The van der Waals surface area contributed by atoms with Gasteiger partial charge in [-0.05, 0) is 36.2 Å². The minimum Gasteiger partial charge on any atom is -0.489 e. The summed E-state index contributed by atoms with van der Waals surface area (Å²) in [5.74, 6) is 1.54. The van der Waals surface area contributed by atoms with E-state index in [1.54, 1.807) is 0 Å². The molecule has 0 aromatic heterocycles. The van der Waals surface area contributed by atoms with E-state index < -0.39 is 0 Å². The second kappa shape index (κ2) is 7.64. The van der Waals surface area contributed by atoms with Crippen LogP contribution < -0.4 is 15.2 Å². The van der Waals surface area contributed by atoms with Gasteiger partial charge in [-0.1, -0.05) is 49.5 Å². The largest absolute Gasteiger partial charge is 0.489 e. The van der Waals surface area contributed by atoms with Crippen LogP contribution in [0.5, 0.6) is 11.5 Å². The Kier molecular flexibility index (Phi) is 5.58. The number of thiocarbonyl (C=S) groups is 1. The number of hydrogen-bond acceptors (Lipinski definition) is 3. The molecule has 0 aliphatic heterocycles. The van der Waals surface area contributed by atoms with Gasteiger partial charge in [0.1, 0.15) is 29.2 Å². The zero-order valence-corrected chi connectivity index (χ0v) is 12.8. The third kappa shape index (κ3) is 4.76. The molecule has 0 heterocycles. The molecule has 0 spiro atoms. The summed E-state index contributed by atoms with van der Waals surface area (Å²) in [4.78, 5) is 0.377. The summed E-state index contributed by atoms with van der Waals surface area (Å²) in [5.41, 5.74) is 6.76. The molecular weight excluding hydrogens is 282 g/mol. The van der Waals surface area contributed by atoms with Crippen LogP contribution in [0.25, 0.3) is 0 Å². The highest BCUT2D eigenvalue weighted by Gasteiger charge is 2.10. The first-order valence-corrected chi connectivity index (χ1v) is 7.32. The Morgan fingerprint density at radius 1 is 1.05 bits per heavy atom. The average molecular weight is 301 g/mol. The van der Waals surface area contributed by atoms with Gasteiger partial charge in [-0.2, -0.15) is 0 Å². The van der Waals surface area contributed by atoms with Crippen LogP contribution in [0.2, 0.25) is 0 Å². The van der Waals surface area contributed by atoms with Crippen molar-refractivity contribution in [1.29, 1.82) is 0 Å². The molecule has 1 unspecified atom stereocenters. The molecule has 0 bridgehead atoms. The molecule has 1 atom stereocenters. The fourth-order valence-electron chi connectivity index (χ4n) is 1.86. The van der Waals surface area contributed by atoms with Gasteiger partial charge in [-0.15, -0.1) is 0 Å². The summed E-state index contributed by atoms with van der Waals surface area (Å²) in [7, 11) is 0. The maximum atomic E-state index is 5.72. The highest BCUT2D eigenvalue weighted by atomic mass is 32.1. The van der Waals surface area contributed by atoms with Crippen molar-refractivity contribution >= 4 is 17.2 Å². The summed E-state index contributed by atoms with van der Waals surface area (Å²) < 4.78 is 11.4. The van der Waals surface area contributed by atoms with Gasteiger partial charge in [-0.25, -0.2) is 0 Å². The van der Waals surface area contributed by atoms with Gasteiger partial charge in [0.15, 0.2) is 0 Å². The monoisotopic (exact) mass is 301 g/mol. The van der Waals surface area contributed by atoms with Crippen LogP contribution in [0.1, 0.15) is 18.9 Å². The predicted octanol–water partition coefficient (Wildman–Crippen LogP) is 3.71. The molecule has 2 aromatic carbocycles. The highest BCUT2D eigenvalue weighted by Crippen LogP contribution is 2.20. The molecule has 0 fully saturated rings. The van der Waals surface area contributed by atoms with Crippen molar-refractivity contribution in [2.75, 3.05) is 0 Å². The van der Waals surface area contributed by atoms with Crippen molar-refractivity contribution in [1.82, 2.24) is 0 Å². The predicted molar refractivity (Wildman–Crippen MR) is 88.7 cm³/mol. The van der Waals surface area contributed by atoms with Crippen LogP contribution in [-0.2, 0) is 6.61 Å². The fraction of sp³-hybridized carbons (Fsp3) is 0.235. The van der Waals surface area contributed by atoms with E-state index in [2.05, 4.69) is 0 Å². The number of hydrogen-bond donors (Lipinski definition) is 1. The second-order valence-electron chi connectivity index (χ2n) is 4.66. The van der Waals surface area contributed by atoms with Gasteiger partial charge in [0, 0.05) is 0 Å². The van der Waals surface area contributed by atoms with Crippen LogP contribution in [0, 0.1) is 0 Å². The first-order chi connectivity index (χ1) is 10.2. The molecule has 2 N–H and O–H groups in total. The van der Waals surface area contributed by atoms with Crippen LogP contribution in [-0.4, -0.2) is 11.1 Å². The summed E-state index contributed by atoms with van der Waals surface area (Å²) in [5, 5.41) is 0. The first kappa shape index (κ1) is 15.3. The molecule has 0 radical (unpaired) electrons. The lowest BCUT2D eigenvalue weighted by Crippen LogP contribution is -2.31. The van der Waals surface area contributed by atoms with Gasteiger partial charge in [0.25, 0.3) is 0 Å². The Bertz CT molecular complexity index is 569. The molecule has 0 saturated carbocycles. The highest BCUT2D eigenvalue weighted by molar-refractivity contribution is 7.80.